The highest BCUT2D eigenvalue weighted by molar-refractivity contribution is 5.96. The first kappa shape index (κ1) is 50.6. The first-order valence-electron chi connectivity index (χ1n) is 20.9. The third-order valence-corrected chi connectivity index (χ3v) is 9.96. The molecule has 344 valence electrons. The highest BCUT2D eigenvalue weighted by atomic mass is 16.4. The van der Waals surface area contributed by atoms with E-state index in [-0.39, 0.29) is 56.8 Å². The summed E-state index contributed by atoms with van der Waals surface area (Å²) >= 11 is 0. The van der Waals surface area contributed by atoms with E-state index < -0.39 is 78.2 Å². The average Bonchev–Trinajstić information content (AvgIpc) is 3.65. The largest absolute Gasteiger partial charge is 0.508 e. The molecule has 3 aromatic rings. The summed E-state index contributed by atoms with van der Waals surface area (Å²) in [6.45, 7) is 1.44. The lowest BCUT2D eigenvalue weighted by molar-refractivity contribution is -0.142. The number of nitrogens with one attached hydrogen (secondary N) is 7. The number of hydrogen-bond acceptors (Lipinski definition) is 11. The molecular formula is C42H62N12O9. The summed E-state index contributed by atoms with van der Waals surface area (Å²) in [7, 11) is 0. The van der Waals surface area contributed by atoms with Crippen molar-refractivity contribution in [3.63, 3.8) is 0 Å². The molecule has 6 amide bonds. The van der Waals surface area contributed by atoms with E-state index in [1.54, 1.807) is 6.20 Å². The zero-order chi connectivity index (χ0) is 46.3. The zero-order valence-electron chi connectivity index (χ0n) is 35.5. The lowest BCUT2D eigenvalue weighted by Crippen LogP contribution is -2.58. The number of carbonyl (C=O) groups excluding carboxylic acids is 6. The zero-order valence-corrected chi connectivity index (χ0v) is 35.5. The molecule has 0 aliphatic rings. The van der Waals surface area contributed by atoms with E-state index >= 15 is 0 Å². The summed E-state index contributed by atoms with van der Waals surface area (Å²) < 4.78 is 0. The minimum absolute atomic E-state index is 0.0233. The Morgan fingerprint density at radius 3 is 1.84 bits per heavy atom. The van der Waals surface area contributed by atoms with Crippen LogP contribution in [0.25, 0.3) is 10.9 Å². The number of aliphatic imine (C=N–C) groups is 1. The van der Waals surface area contributed by atoms with Gasteiger partial charge in [-0.05, 0) is 93.8 Å². The van der Waals surface area contributed by atoms with Gasteiger partial charge in [-0.15, -0.1) is 0 Å². The molecule has 0 bridgehead atoms. The number of benzene rings is 2. The molecule has 0 fully saturated rings. The number of hydrogen-bond donors (Lipinski definition) is 13. The third kappa shape index (κ3) is 18.0. The Morgan fingerprint density at radius 2 is 1.22 bits per heavy atom. The molecule has 5 atom stereocenters. The predicted octanol–water partition coefficient (Wildman–Crippen LogP) is -1.38. The van der Waals surface area contributed by atoms with Gasteiger partial charge in [0.1, 0.15) is 36.0 Å². The van der Waals surface area contributed by atoms with Crippen molar-refractivity contribution < 1.29 is 43.8 Å². The number of fused-ring (bicyclic) bond motifs is 1. The number of phenolic OH excluding ortho intramolecular Hbond substituents is 1. The first-order valence-corrected chi connectivity index (χ1v) is 20.9. The summed E-state index contributed by atoms with van der Waals surface area (Å²) in [4.78, 5) is 99.6. The van der Waals surface area contributed by atoms with Gasteiger partial charge in [0.2, 0.25) is 35.4 Å². The number of para-hydroxylation sites is 1. The third-order valence-electron chi connectivity index (χ3n) is 9.96. The lowest BCUT2D eigenvalue weighted by atomic mass is 10.0. The van der Waals surface area contributed by atoms with Crippen molar-refractivity contribution in [1.82, 2.24) is 36.9 Å². The van der Waals surface area contributed by atoms with E-state index in [2.05, 4.69) is 41.9 Å². The second-order valence-electron chi connectivity index (χ2n) is 15.1. The maximum absolute atomic E-state index is 14.0. The molecule has 0 saturated heterocycles. The number of nitrogens with zero attached hydrogens (tertiary/aromatic N) is 1. The Bertz CT molecular complexity index is 2020. The SMILES string of the molecule is CC(=O)N[C@@H](CCCCN)C(=O)N[C@@H](CCCN=C(N)N)C(=O)N[C@@H](Cc1ccc(O)cc1)C(=O)NCC(=O)N[C@@H](Cc1c[nH]c2ccccc12)C(=O)N[C@@H](CCCCN)C(=O)O. The van der Waals surface area contributed by atoms with Crippen LogP contribution in [-0.4, -0.2) is 119 Å². The van der Waals surface area contributed by atoms with Crippen LogP contribution in [0.1, 0.15) is 69.4 Å². The fourth-order valence-corrected chi connectivity index (χ4v) is 6.69. The molecule has 0 unspecified atom stereocenters. The van der Waals surface area contributed by atoms with E-state index in [4.69, 9.17) is 22.9 Å². The van der Waals surface area contributed by atoms with Gasteiger partial charge in [0.15, 0.2) is 5.96 Å². The van der Waals surface area contributed by atoms with Crippen LogP contribution in [0, 0.1) is 0 Å². The fraction of sp³-hybridized carbons (Fsp3) is 0.476. The van der Waals surface area contributed by atoms with Crippen LogP contribution in [0.5, 0.6) is 5.75 Å². The normalized spacial score (nSPS) is 13.3. The molecule has 0 spiro atoms. The number of aromatic nitrogens is 1. The highest BCUT2D eigenvalue weighted by Gasteiger charge is 2.31. The van der Waals surface area contributed by atoms with E-state index in [9.17, 15) is 43.8 Å². The van der Waals surface area contributed by atoms with Crippen LogP contribution in [0.3, 0.4) is 0 Å². The number of amides is 6. The Balaban J connectivity index is 1.84. The Labute approximate surface area is 365 Å². The van der Waals surface area contributed by atoms with Gasteiger partial charge in [0, 0.05) is 43.4 Å². The first-order chi connectivity index (χ1) is 30.1. The van der Waals surface area contributed by atoms with E-state index in [1.165, 1.54) is 31.2 Å². The Hall–Kier alpha value is -6.74. The van der Waals surface area contributed by atoms with Crippen molar-refractivity contribution in [2.45, 2.75) is 101 Å². The van der Waals surface area contributed by atoms with E-state index in [0.29, 0.717) is 49.9 Å². The number of aliphatic carboxylic acids is 1. The van der Waals surface area contributed by atoms with Crippen LogP contribution in [-0.2, 0) is 46.4 Å². The van der Waals surface area contributed by atoms with Gasteiger partial charge in [-0.2, -0.15) is 0 Å². The molecule has 3 rings (SSSR count). The molecule has 1 aromatic heterocycles. The van der Waals surface area contributed by atoms with Crippen LogP contribution in [0.4, 0.5) is 0 Å². The van der Waals surface area contributed by atoms with E-state index in [1.807, 2.05) is 24.3 Å². The van der Waals surface area contributed by atoms with Crippen LogP contribution in [0.15, 0.2) is 59.7 Å². The van der Waals surface area contributed by atoms with Gasteiger partial charge < -0.3 is 70.0 Å². The topological polar surface area (TPSA) is 364 Å². The average molecular weight is 879 g/mol. The number of carboxylic acid groups (broad SMARTS) is 1. The minimum atomic E-state index is -1.34. The second-order valence-corrected chi connectivity index (χ2v) is 15.1. The number of rotatable bonds is 28. The molecule has 21 nitrogen and oxygen atoms in total. The predicted molar refractivity (Wildman–Crippen MR) is 236 cm³/mol. The fourth-order valence-electron chi connectivity index (χ4n) is 6.69. The quantitative estimate of drug-likeness (QED) is 0.0227. The number of nitrogens with two attached hydrogens (primary N) is 4. The van der Waals surface area contributed by atoms with Crippen molar-refractivity contribution >= 4 is 58.3 Å². The molecule has 2 aromatic carbocycles. The molecule has 63 heavy (non-hydrogen) atoms. The number of aromatic amines is 1. The van der Waals surface area contributed by atoms with Gasteiger partial charge in [-0.25, -0.2) is 4.79 Å². The van der Waals surface area contributed by atoms with Crippen molar-refractivity contribution in [3.8, 4) is 5.75 Å². The van der Waals surface area contributed by atoms with Gasteiger partial charge in [-0.1, -0.05) is 30.3 Å². The maximum Gasteiger partial charge on any atom is 0.326 e. The van der Waals surface area contributed by atoms with Gasteiger partial charge >= 0.3 is 5.97 Å². The van der Waals surface area contributed by atoms with Crippen molar-refractivity contribution in [1.29, 1.82) is 0 Å². The molecule has 1 heterocycles. The Morgan fingerprint density at radius 1 is 0.667 bits per heavy atom. The smallest absolute Gasteiger partial charge is 0.326 e. The Kier molecular flexibility index (Phi) is 21.3. The van der Waals surface area contributed by atoms with Crippen LogP contribution in [0.2, 0.25) is 0 Å². The van der Waals surface area contributed by atoms with Crippen molar-refractivity contribution in [3.05, 3.63) is 65.9 Å². The minimum Gasteiger partial charge on any atom is -0.508 e. The van der Waals surface area contributed by atoms with Gasteiger partial charge in [0.05, 0.1) is 6.54 Å². The lowest BCUT2D eigenvalue weighted by Gasteiger charge is -2.25. The highest BCUT2D eigenvalue weighted by Crippen LogP contribution is 2.20. The summed E-state index contributed by atoms with van der Waals surface area (Å²) in [6, 6.07) is 7.11. The molecular weight excluding hydrogens is 817 g/mol. The van der Waals surface area contributed by atoms with Gasteiger partial charge in [-0.3, -0.25) is 33.8 Å². The molecule has 0 saturated carbocycles. The maximum atomic E-state index is 14.0. The molecule has 0 aliphatic heterocycles. The van der Waals surface area contributed by atoms with Crippen molar-refractivity contribution in [2.75, 3.05) is 26.2 Å². The summed E-state index contributed by atoms with van der Waals surface area (Å²) in [5, 5.41) is 36.1. The number of unbranched alkanes of at least 4 members (excludes halogenated alkanes) is 2. The number of carbonyl (C=O) groups is 7. The molecule has 0 aliphatic carbocycles. The molecule has 17 N–H and O–H groups in total. The number of H-pyrrole nitrogens is 1. The molecule has 21 heteroatoms. The monoisotopic (exact) mass is 878 g/mol. The standard InChI is InChI=1S/C42H62N12O9/c1-25(55)50-31(11-4-6-18-43)38(59)52-32(13-8-20-47-42(45)46)39(60)54-34(21-26-14-16-28(56)17-15-26)37(58)49-24-36(57)51-35(22-27-23-48-30-10-3-2-9-29(27)30)40(61)53-33(41(62)63)12-5-7-19-44/h2-3,9-10,14-17,23,31-35,48,56H,4-8,11-13,18-22,24,43-44H2,1H3,(H,49,58)(H,50,55)(H,51,57)(H,52,59)(H,53,61)(H,54,60)(H,62,63)(H4,45,46,47)/t31-,32-,33-,34-,35-/m0/s1. The summed E-state index contributed by atoms with van der Waals surface area (Å²) in [5.41, 5.74) is 24.1. The number of aromatic hydroxyl groups is 1. The summed E-state index contributed by atoms with van der Waals surface area (Å²) in [6.07, 6.45) is 4.26. The van der Waals surface area contributed by atoms with Crippen molar-refractivity contribution in [2.24, 2.45) is 27.9 Å². The number of phenols is 1. The van der Waals surface area contributed by atoms with Crippen LogP contribution < -0.4 is 54.8 Å². The van der Waals surface area contributed by atoms with Crippen LogP contribution >= 0.6 is 0 Å². The number of guanidine groups is 1. The van der Waals surface area contributed by atoms with E-state index in [0.717, 1.165) is 10.9 Å². The number of carboxylic acids is 1. The molecule has 0 radical (unpaired) electrons. The van der Waals surface area contributed by atoms with Gasteiger partial charge in [0.25, 0.3) is 0 Å². The second kappa shape index (κ2) is 26.6. The summed E-state index contributed by atoms with van der Waals surface area (Å²) in [5.74, 6) is -5.70.